The Morgan fingerprint density at radius 3 is 2.48 bits per heavy atom. The van der Waals surface area contributed by atoms with Crippen LogP contribution >= 0.6 is 0 Å². The molecule has 0 unspecified atom stereocenters. The van der Waals surface area contributed by atoms with Crippen LogP contribution in [0.4, 0.5) is 11.4 Å². The third-order valence-electron chi connectivity index (χ3n) is 4.86. The van der Waals surface area contributed by atoms with E-state index in [-0.39, 0.29) is 5.91 Å². The van der Waals surface area contributed by atoms with Crippen LogP contribution < -0.4 is 10.2 Å². The predicted octanol–water partition coefficient (Wildman–Crippen LogP) is 3.45. The zero-order valence-electron chi connectivity index (χ0n) is 15.3. The van der Waals surface area contributed by atoms with E-state index in [1.807, 2.05) is 31.2 Å². The highest BCUT2D eigenvalue weighted by atomic mass is 16.2. The number of amides is 1. The molecule has 2 aromatic carbocycles. The number of carbonyl (C=O) groups excluding carboxylic acids is 1. The van der Waals surface area contributed by atoms with Crippen molar-refractivity contribution in [2.75, 3.05) is 36.4 Å². The molecular formula is C21H27N3O. The second-order valence-electron chi connectivity index (χ2n) is 6.98. The van der Waals surface area contributed by atoms with Crippen molar-refractivity contribution in [2.24, 2.45) is 0 Å². The number of para-hydroxylation sites is 1. The van der Waals surface area contributed by atoms with Gasteiger partial charge in [-0.1, -0.05) is 35.9 Å². The third-order valence-corrected chi connectivity index (χ3v) is 4.86. The molecule has 1 N–H and O–H groups in total. The highest BCUT2D eigenvalue weighted by molar-refractivity contribution is 5.92. The first-order valence-electron chi connectivity index (χ1n) is 8.94. The van der Waals surface area contributed by atoms with Crippen molar-refractivity contribution in [3.63, 3.8) is 0 Å². The average Bonchev–Trinajstić information content (AvgIpc) is 2.58. The summed E-state index contributed by atoms with van der Waals surface area (Å²) in [7, 11) is 0. The van der Waals surface area contributed by atoms with E-state index in [1.165, 1.54) is 11.3 Å². The predicted molar refractivity (Wildman–Crippen MR) is 104 cm³/mol. The van der Waals surface area contributed by atoms with Crippen LogP contribution in [0.5, 0.6) is 0 Å². The van der Waals surface area contributed by atoms with Gasteiger partial charge in [-0.05, 0) is 44.5 Å². The van der Waals surface area contributed by atoms with Crippen molar-refractivity contribution >= 4 is 17.3 Å². The smallest absolute Gasteiger partial charge is 0.238 e. The Labute approximate surface area is 150 Å². The number of nitrogens with zero attached hydrogens (tertiary/aromatic N) is 2. The molecule has 1 heterocycles. The molecule has 1 atom stereocenters. The zero-order chi connectivity index (χ0) is 17.8. The number of hydrogen-bond donors (Lipinski definition) is 1. The Morgan fingerprint density at radius 1 is 1.08 bits per heavy atom. The minimum atomic E-state index is 0.0604. The summed E-state index contributed by atoms with van der Waals surface area (Å²) in [5.41, 5.74) is 4.54. The minimum absolute atomic E-state index is 0.0604. The molecule has 0 radical (unpaired) electrons. The van der Waals surface area contributed by atoms with Gasteiger partial charge < -0.3 is 10.2 Å². The van der Waals surface area contributed by atoms with E-state index >= 15 is 0 Å². The van der Waals surface area contributed by atoms with Crippen LogP contribution in [-0.2, 0) is 4.79 Å². The Hall–Kier alpha value is -2.33. The van der Waals surface area contributed by atoms with Gasteiger partial charge in [0, 0.05) is 37.1 Å². The number of hydrogen-bond acceptors (Lipinski definition) is 3. The van der Waals surface area contributed by atoms with Gasteiger partial charge in [-0.2, -0.15) is 0 Å². The maximum atomic E-state index is 12.4. The molecule has 1 saturated heterocycles. The van der Waals surface area contributed by atoms with Gasteiger partial charge in [0.15, 0.2) is 0 Å². The maximum Gasteiger partial charge on any atom is 0.238 e. The average molecular weight is 337 g/mol. The Kier molecular flexibility index (Phi) is 5.39. The quantitative estimate of drug-likeness (QED) is 0.928. The fourth-order valence-electron chi connectivity index (χ4n) is 3.40. The highest BCUT2D eigenvalue weighted by Crippen LogP contribution is 2.21. The molecule has 25 heavy (non-hydrogen) atoms. The molecule has 2 aromatic rings. The molecule has 1 fully saturated rings. The first-order chi connectivity index (χ1) is 12.0. The molecule has 4 heteroatoms. The van der Waals surface area contributed by atoms with Gasteiger partial charge in [0.05, 0.1) is 6.54 Å². The van der Waals surface area contributed by atoms with E-state index in [0.717, 1.165) is 30.9 Å². The fourth-order valence-corrected chi connectivity index (χ4v) is 3.40. The van der Waals surface area contributed by atoms with Crippen LogP contribution in [0.2, 0.25) is 0 Å². The molecule has 0 saturated carbocycles. The van der Waals surface area contributed by atoms with Gasteiger partial charge in [-0.15, -0.1) is 0 Å². The first kappa shape index (κ1) is 17.5. The number of nitrogens with one attached hydrogen (secondary N) is 1. The highest BCUT2D eigenvalue weighted by Gasteiger charge is 2.25. The van der Waals surface area contributed by atoms with Crippen LogP contribution in [0.15, 0.2) is 48.5 Å². The van der Waals surface area contributed by atoms with Crippen molar-refractivity contribution in [1.82, 2.24) is 4.90 Å². The normalized spacial score (nSPS) is 18.2. The monoisotopic (exact) mass is 337 g/mol. The van der Waals surface area contributed by atoms with E-state index in [0.29, 0.717) is 12.6 Å². The van der Waals surface area contributed by atoms with E-state index in [9.17, 15) is 4.79 Å². The van der Waals surface area contributed by atoms with E-state index in [1.54, 1.807) is 0 Å². The molecule has 1 amide bonds. The summed E-state index contributed by atoms with van der Waals surface area (Å²) in [6.45, 7) is 9.54. The summed E-state index contributed by atoms with van der Waals surface area (Å²) < 4.78 is 0. The molecule has 0 aliphatic carbocycles. The number of anilines is 2. The van der Waals surface area contributed by atoms with E-state index in [2.05, 4.69) is 53.2 Å². The van der Waals surface area contributed by atoms with Gasteiger partial charge in [0.1, 0.15) is 0 Å². The lowest BCUT2D eigenvalue weighted by Gasteiger charge is -2.41. The molecule has 4 nitrogen and oxygen atoms in total. The van der Waals surface area contributed by atoms with Crippen LogP contribution in [0.1, 0.15) is 18.1 Å². The Morgan fingerprint density at radius 2 is 1.80 bits per heavy atom. The number of carbonyl (C=O) groups is 1. The van der Waals surface area contributed by atoms with Gasteiger partial charge in [-0.3, -0.25) is 9.69 Å². The lowest BCUT2D eigenvalue weighted by Crippen LogP contribution is -2.53. The fraction of sp³-hybridized carbons (Fsp3) is 0.381. The SMILES string of the molecule is Cc1ccc(N2CCN(CC(=O)Nc3ccccc3C)C[C@@H]2C)cc1. The van der Waals surface area contributed by atoms with Crippen molar-refractivity contribution in [1.29, 1.82) is 0 Å². The number of piperazine rings is 1. The van der Waals surface area contributed by atoms with Crippen molar-refractivity contribution in [3.8, 4) is 0 Å². The van der Waals surface area contributed by atoms with Crippen LogP contribution in [0.25, 0.3) is 0 Å². The molecule has 1 aliphatic rings. The van der Waals surface area contributed by atoms with Crippen LogP contribution in [0, 0.1) is 13.8 Å². The second kappa shape index (κ2) is 7.70. The number of aryl methyl sites for hydroxylation is 2. The maximum absolute atomic E-state index is 12.4. The molecule has 0 aromatic heterocycles. The number of benzene rings is 2. The molecular weight excluding hydrogens is 310 g/mol. The summed E-state index contributed by atoms with van der Waals surface area (Å²) in [6.07, 6.45) is 0. The van der Waals surface area contributed by atoms with Crippen molar-refractivity contribution in [3.05, 3.63) is 59.7 Å². The van der Waals surface area contributed by atoms with E-state index < -0.39 is 0 Å². The second-order valence-corrected chi connectivity index (χ2v) is 6.98. The molecule has 0 spiro atoms. The Balaban J connectivity index is 1.55. The van der Waals surface area contributed by atoms with Gasteiger partial charge in [-0.25, -0.2) is 0 Å². The van der Waals surface area contributed by atoms with E-state index in [4.69, 9.17) is 0 Å². The first-order valence-corrected chi connectivity index (χ1v) is 8.94. The zero-order valence-corrected chi connectivity index (χ0v) is 15.3. The molecule has 3 rings (SSSR count). The van der Waals surface area contributed by atoms with Crippen molar-refractivity contribution < 1.29 is 4.79 Å². The topological polar surface area (TPSA) is 35.6 Å². The van der Waals surface area contributed by atoms with Crippen LogP contribution in [-0.4, -0.2) is 43.0 Å². The summed E-state index contributed by atoms with van der Waals surface area (Å²) in [6, 6.07) is 17.0. The summed E-state index contributed by atoms with van der Waals surface area (Å²) >= 11 is 0. The number of rotatable bonds is 4. The summed E-state index contributed by atoms with van der Waals surface area (Å²) in [5, 5.41) is 3.03. The lowest BCUT2D eigenvalue weighted by atomic mass is 10.1. The van der Waals surface area contributed by atoms with Gasteiger partial charge in [0.2, 0.25) is 5.91 Å². The third kappa shape index (κ3) is 4.40. The standard InChI is InChI=1S/C21H27N3O/c1-16-8-10-19(11-9-16)24-13-12-23(14-18(24)3)15-21(25)22-20-7-5-4-6-17(20)2/h4-11,18H,12-15H2,1-3H3,(H,22,25)/t18-/m0/s1. The van der Waals surface area contributed by atoms with Crippen LogP contribution in [0.3, 0.4) is 0 Å². The van der Waals surface area contributed by atoms with Gasteiger partial charge in [0.25, 0.3) is 0 Å². The largest absolute Gasteiger partial charge is 0.366 e. The summed E-state index contributed by atoms with van der Waals surface area (Å²) in [5.74, 6) is 0.0604. The minimum Gasteiger partial charge on any atom is -0.366 e. The Bertz CT molecular complexity index is 726. The summed E-state index contributed by atoms with van der Waals surface area (Å²) in [4.78, 5) is 17.0. The molecule has 0 bridgehead atoms. The van der Waals surface area contributed by atoms with Gasteiger partial charge >= 0.3 is 0 Å². The lowest BCUT2D eigenvalue weighted by molar-refractivity contribution is -0.117. The molecule has 132 valence electrons. The molecule has 1 aliphatic heterocycles. The van der Waals surface area contributed by atoms with Crippen molar-refractivity contribution in [2.45, 2.75) is 26.8 Å².